The number of carboxylic acids is 1. The first-order chi connectivity index (χ1) is 19.0. The number of nitrogens with one attached hydrogen (secondary N) is 2. The standard InChI is InChI=1S/C27H27Br2N5O6/c28-19-7-15(8-20(29)23(19)30)24(37)17-10-18(17)26(39)33-5-3-16(4-6-33)34-12-14-2-1-13(9-21(14)32-27(34)40)25(38)31-11-22(35)36/h1-2,7-9,16-18H,3-6,10-12,30H2,(H,31,38)(H,32,40)(H,35,36)/t17-,18-/m1/s1. The summed E-state index contributed by atoms with van der Waals surface area (Å²) in [5, 5.41) is 13.9. The van der Waals surface area contributed by atoms with E-state index in [1.165, 1.54) is 6.07 Å². The molecule has 0 bridgehead atoms. The van der Waals surface area contributed by atoms with E-state index in [1.54, 1.807) is 34.1 Å². The number of amides is 4. The Morgan fingerprint density at radius 3 is 2.35 bits per heavy atom. The maximum atomic E-state index is 13.2. The summed E-state index contributed by atoms with van der Waals surface area (Å²) >= 11 is 6.73. The second-order valence-electron chi connectivity index (χ2n) is 10.2. The number of carbonyl (C=O) groups is 5. The molecule has 40 heavy (non-hydrogen) atoms. The predicted octanol–water partition coefficient (Wildman–Crippen LogP) is 3.47. The van der Waals surface area contributed by atoms with Crippen molar-refractivity contribution in [2.75, 3.05) is 30.7 Å². The summed E-state index contributed by atoms with van der Waals surface area (Å²) in [6, 6.07) is 7.92. The van der Waals surface area contributed by atoms with Gasteiger partial charge in [-0.3, -0.25) is 19.2 Å². The Morgan fingerprint density at radius 2 is 1.70 bits per heavy atom. The van der Waals surface area contributed by atoms with Gasteiger partial charge in [-0.05, 0) is 81.0 Å². The van der Waals surface area contributed by atoms with Gasteiger partial charge in [0.2, 0.25) is 5.91 Å². The van der Waals surface area contributed by atoms with E-state index in [9.17, 15) is 24.0 Å². The third kappa shape index (κ3) is 5.71. The molecule has 0 aromatic heterocycles. The van der Waals surface area contributed by atoms with E-state index in [0.29, 0.717) is 64.8 Å². The van der Waals surface area contributed by atoms with Crippen molar-refractivity contribution in [3.8, 4) is 0 Å². The van der Waals surface area contributed by atoms with Crippen LogP contribution >= 0.6 is 31.9 Å². The van der Waals surface area contributed by atoms with Crippen LogP contribution in [0, 0.1) is 11.8 Å². The number of nitrogens with two attached hydrogens (primary N) is 1. The van der Waals surface area contributed by atoms with Gasteiger partial charge in [-0.25, -0.2) is 4.79 Å². The van der Waals surface area contributed by atoms with Gasteiger partial charge in [0.15, 0.2) is 5.78 Å². The van der Waals surface area contributed by atoms with Crippen LogP contribution in [-0.4, -0.2) is 70.2 Å². The first kappa shape index (κ1) is 28.1. The topological polar surface area (TPSA) is 162 Å². The van der Waals surface area contributed by atoms with Crippen molar-refractivity contribution in [3.05, 3.63) is 56.0 Å². The monoisotopic (exact) mass is 675 g/mol. The first-order valence-electron chi connectivity index (χ1n) is 12.8. The lowest BCUT2D eigenvalue weighted by Gasteiger charge is -2.40. The molecular formula is C27H27Br2N5O6. The molecule has 2 fully saturated rings. The van der Waals surface area contributed by atoms with Crippen LogP contribution in [0.2, 0.25) is 0 Å². The van der Waals surface area contributed by atoms with Gasteiger partial charge in [0.05, 0.1) is 5.69 Å². The Morgan fingerprint density at radius 1 is 1.02 bits per heavy atom. The number of carbonyl (C=O) groups excluding carboxylic acids is 4. The molecule has 210 valence electrons. The van der Waals surface area contributed by atoms with Crippen LogP contribution in [0.15, 0.2) is 39.3 Å². The minimum absolute atomic E-state index is 0.0208. The van der Waals surface area contributed by atoms with E-state index in [2.05, 4.69) is 42.5 Å². The van der Waals surface area contributed by atoms with Crippen molar-refractivity contribution in [2.24, 2.45) is 11.8 Å². The third-order valence-electron chi connectivity index (χ3n) is 7.64. The first-order valence-corrected chi connectivity index (χ1v) is 14.4. The Balaban J connectivity index is 1.15. The maximum Gasteiger partial charge on any atom is 0.322 e. The number of hydrogen-bond donors (Lipinski definition) is 4. The lowest BCUT2D eigenvalue weighted by Crippen LogP contribution is -2.51. The number of benzene rings is 2. The molecular weight excluding hydrogens is 650 g/mol. The summed E-state index contributed by atoms with van der Waals surface area (Å²) in [5.74, 6) is -2.44. The minimum atomic E-state index is -1.14. The third-order valence-corrected chi connectivity index (χ3v) is 8.95. The summed E-state index contributed by atoms with van der Waals surface area (Å²) in [6.45, 7) is 0.870. The van der Waals surface area contributed by atoms with Crippen molar-refractivity contribution < 1.29 is 29.1 Å². The van der Waals surface area contributed by atoms with Crippen LogP contribution in [0.1, 0.15) is 45.5 Å². The summed E-state index contributed by atoms with van der Waals surface area (Å²) in [5.41, 5.74) is 8.56. The van der Waals surface area contributed by atoms with Crippen molar-refractivity contribution in [1.29, 1.82) is 0 Å². The molecule has 1 saturated heterocycles. The van der Waals surface area contributed by atoms with Gasteiger partial charge in [-0.2, -0.15) is 0 Å². The van der Waals surface area contributed by atoms with Gasteiger partial charge < -0.3 is 31.3 Å². The second kappa shape index (κ2) is 11.2. The quantitative estimate of drug-likeness (QED) is 0.258. The number of halogens is 2. The number of nitrogens with zero attached hydrogens (tertiary/aromatic N) is 2. The molecule has 13 heteroatoms. The van der Waals surface area contributed by atoms with Crippen LogP contribution < -0.4 is 16.4 Å². The van der Waals surface area contributed by atoms with Crippen molar-refractivity contribution >= 4 is 72.8 Å². The van der Waals surface area contributed by atoms with Gasteiger partial charge in [-0.1, -0.05) is 6.07 Å². The highest BCUT2D eigenvalue weighted by molar-refractivity contribution is 9.11. The number of nitrogen functional groups attached to an aromatic ring is 1. The number of carboxylic acid groups (broad SMARTS) is 1. The zero-order valence-corrected chi connectivity index (χ0v) is 24.5. The van der Waals surface area contributed by atoms with Crippen LogP contribution in [0.5, 0.6) is 0 Å². The molecule has 4 amide bonds. The summed E-state index contributed by atoms with van der Waals surface area (Å²) in [4.78, 5) is 65.5. The van der Waals surface area contributed by atoms with Gasteiger partial charge in [0.25, 0.3) is 5.91 Å². The van der Waals surface area contributed by atoms with E-state index < -0.39 is 18.4 Å². The fourth-order valence-electron chi connectivity index (χ4n) is 5.30. The predicted molar refractivity (Wildman–Crippen MR) is 153 cm³/mol. The number of likely N-dealkylation sites (tertiary alicyclic amines) is 1. The molecule has 1 aliphatic carbocycles. The lowest BCUT2D eigenvalue weighted by atomic mass is 9.99. The van der Waals surface area contributed by atoms with Crippen LogP contribution in [0.3, 0.4) is 0 Å². The summed E-state index contributed by atoms with van der Waals surface area (Å²) in [7, 11) is 0. The van der Waals surface area contributed by atoms with Gasteiger partial charge in [0, 0.05) is 63.3 Å². The van der Waals surface area contributed by atoms with Crippen LogP contribution in [0.4, 0.5) is 16.2 Å². The molecule has 3 aliphatic rings. The second-order valence-corrected chi connectivity index (χ2v) is 11.9. The fourth-order valence-corrected chi connectivity index (χ4v) is 6.48. The number of aliphatic carboxylic acids is 1. The molecule has 2 aliphatic heterocycles. The highest BCUT2D eigenvalue weighted by Crippen LogP contribution is 2.44. The van der Waals surface area contributed by atoms with Crippen LogP contribution in [-0.2, 0) is 16.1 Å². The largest absolute Gasteiger partial charge is 0.480 e. The number of Topliss-reactive ketones (excluding diaryl/α,β-unsaturated/α-hetero) is 1. The molecule has 0 spiro atoms. The molecule has 2 aromatic rings. The van der Waals surface area contributed by atoms with Crippen LogP contribution in [0.25, 0.3) is 0 Å². The lowest BCUT2D eigenvalue weighted by molar-refractivity contribution is -0.136. The number of ketones is 1. The molecule has 1 saturated carbocycles. The Bertz CT molecular complexity index is 1400. The summed E-state index contributed by atoms with van der Waals surface area (Å²) < 4.78 is 1.25. The zero-order valence-electron chi connectivity index (χ0n) is 21.3. The minimum Gasteiger partial charge on any atom is -0.480 e. The molecule has 0 radical (unpaired) electrons. The van der Waals surface area contributed by atoms with Gasteiger partial charge >= 0.3 is 12.0 Å². The number of urea groups is 1. The average molecular weight is 677 g/mol. The molecule has 2 aromatic carbocycles. The van der Waals surface area contributed by atoms with E-state index in [0.717, 1.165) is 5.56 Å². The zero-order chi connectivity index (χ0) is 28.7. The van der Waals surface area contributed by atoms with E-state index >= 15 is 0 Å². The number of hydrogen-bond acceptors (Lipinski definition) is 6. The summed E-state index contributed by atoms with van der Waals surface area (Å²) in [6.07, 6.45) is 1.76. The van der Waals surface area contributed by atoms with Gasteiger partial charge in [0.1, 0.15) is 6.54 Å². The molecule has 2 atom stereocenters. The number of fused-ring (bicyclic) bond motifs is 1. The smallest absolute Gasteiger partial charge is 0.322 e. The average Bonchev–Trinajstić information content (AvgIpc) is 3.74. The van der Waals surface area contributed by atoms with Crippen molar-refractivity contribution in [2.45, 2.75) is 31.8 Å². The highest BCUT2D eigenvalue weighted by atomic mass is 79.9. The number of rotatable bonds is 7. The Kier molecular flexibility index (Phi) is 7.87. The van der Waals surface area contributed by atoms with Gasteiger partial charge in [-0.15, -0.1) is 0 Å². The fraction of sp³-hybridized carbons (Fsp3) is 0.370. The molecule has 0 unspecified atom stereocenters. The Labute approximate surface area is 246 Å². The molecule has 5 rings (SSSR count). The molecule has 11 nitrogen and oxygen atoms in total. The molecule has 2 heterocycles. The van der Waals surface area contributed by atoms with E-state index in [1.807, 2.05) is 0 Å². The van der Waals surface area contributed by atoms with E-state index in [-0.39, 0.29) is 41.2 Å². The van der Waals surface area contributed by atoms with Crippen molar-refractivity contribution in [3.63, 3.8) is 0 Å². The Hall–Kier alpha value is -3.45. The van der Waals surface area contributed by atoms with E-state index in [4.69, 9.17) is 10.8 Å². The van der Waals surface area contributed by atoms with Crippen molar-refractivity contribution in [1.82, 2.24) is 15.1 Å². The maximum absolute atomic E-state index is 13.2. The highest BCUT2D eigenvalue weighted by Gasteiger charge is 2.50. The number of anilines is 2. The normalized spacial score (nSPS) is 20.4. The number of piperidine rings is 1. The SMILES string of the molecule is Nc1c(Br)cc(C(=O)[C@@H]2C[C@H]2C(=O)N2CCC(N3Cc4ccc(C(=O)NCC(=O)O)cc4NC3=O)CC2)cc1Br. The molecule has 5 N–H and O–H groups in total.